The van der Waals surface area contributed by atoms with Crippen molar-refractivity contribution < 1.29 is 4.79 Å². The second-order valence-electron chi connectivity index (χ2n) is 2.60. The van der Waals surface area contributed by atoms with Crippen molar-refractivity contribution in [1.29, 1.82) is 0 Å². The summed E-state index contributed by atoms with van der Waals surface area (Å²) < 4.78 is 0. The monoisotopic (exact) mass is 175 g/mol. The van der Waals surface area contributed by atoms with Gasteiger partial charge in [-0.2, -0.15) is 0 Å². The summed E-state index contributed by atoms with van der Waals surface area (Å²) in [6.07, 6.45) is 0.808. The zero-order chi connectivity index (χ0) is 10.8. The Morgan fingerprint density at radius 3 is 1.42 bits per heavy atom. The number of rotatable bonds is 2. The van der Waals surface area contributed by atoms with Crippen LogP contribution in [0.2, 0.25) is 0 Å². The van der Waals surface area contributed by atoms with Gasteiger partial charge >= 0.3 is 0 Å². The van der Waals surface area contributed by atoms with Crippen molar-refractivity contribution in [3.63, 3.8) is 0 Å². The largest absolute Gasteiger partial charge is 0.369 e. The summed E-state index contributed by atoms with van der Waals surface area (Å²) in [7, 11) is 0. The number of hydrogen-bond donors (Lipinski definition) is 1. The first-order chi connectivity index (χ1) is 5.50. The SMILES string of the molecule is CC.CC.CCC(C)(C)C(N)=O. The van der Waals surface area contributed by atoms with E-state index in [1.54, 1.807) is 0 Å². The summed E-state index contributed by atoms with van der Waals surface area (Å²) in [6, 6.07) is 0. The Balaban J connectivity index is -0.000000175. The molecule has 0 heterocycles. The highest BCUT2D eigenvalue weighted by Gasteiger charge is 2.21. The Morgan fingerprint density at radius 2 is 1.42 bits per heavy atom. The van der Waals surface area contributed by atoms with Crippen LogP contribution in [-0.2, 0) is 4.79 Å². The number of amides is 1. The summed E-state index contributed by atoms with van der Waals surface area (Å²) >= 11 is 0. The molecular formula is C10H25NO. The van der Waals surface area contributed by atoms with Crippen LogP contribution in [0.3, 0.4) is 0 Å². The molecular weight excluding hydrogens is 150 g/mol. The van der Waals surface area contributed by atoms with E-state index in [4.69, 9.17) is 5.73 Å². The van der Waals surface area contributed by atoms with Crippen LogP contribution in [0.25, 0.3) is 0 Å². The van der Waals surface area contributed by atoms with Crippen molar-refractivity contribution in [2.24, 2.45) is 11.1 Å². The second-order valence-corrected chi connectivity index (χ2v) is 2.60. The maximum absolute atomic E-state index is 10.5. The molecule has 0 aromatic heterocycles. The van der Waals surface area contributed by atoms with Gasteiger partial charge in [-0.1, -0.05) is 48.5 Å². The van der Waals surface area contributed by atoms with Crippen LogP contribution in [0.1, 0.15) is 54.9 Å². The molecule has 0 aromatic carbocycles. The van der Waals surface area contributed by atoms with Crippen LogP contribution in [0, 0.1) is 5.41 Å². The molecule has 0 spiro atoms. The third-order valence-corrected chi connectivity index (χ3v) is 1.55. The molecule has 0 aliphatic rings. The van der Waals surface area contributed by atoms with Gasteiger partial charge in [-0.3, -0.25) is 4.79 Å². The first kappa shape index (κ1) is 17.5. The van der Waals surface area contributed by atoms with Crippen molar-refractivity contribution in [1.82, 2.24) is 0 Å². The lowest BCUT2D eigenvalue weighted by Gasteiger charge is -2.16. The van der Waals surface area contributed by atoms with Gasteiger partial charge in [0.1, 0.15) is 0 Å². The quantitative estimate of drug-likeness (QED) is 0.689. The average molecular weight is 175 g/mol. The predicted octanol–water partition coefficient (Wildman–Crippen LogP) is 2.96. The van der Waals surface area contributed by atoms with Crippen LogP contribution in [0.5, 0.6) is 0 Å². The summed E-state index contributed by atoms with van der Waals surface area (Å²) in [5.74, 6) is -0.222. The number of nitrogens with two attached hydrogens (primary N) is 1. The van der Waals surface area contributed by atoms with Crippen LogP contribution in [0.15, 0.2) is 0 Å². The molecule has 0 unspecified atom stereocenters. The maximum Gasteiger partial charge on any atom is 0.223 e. The lowest BCUT2D eigenvalue weighted by Crippen LogP contribution is -2.30. The van der Waals surface area contributed by atoms with E-state index in [1.807, 2.05) is 48.5 Å². The van der Waals surface area contributed by atoms with E-state index in [9.17, 15) is 4.79 Å². The molecule has 0 aliphatic heterocycles. The molecule has 0 saturated carbocycles. The van der Waals surface area contributed by atoms with Crippen LogP contribution >= 0.6 is 0 Å². The Bertz CT molecular complexity index is 98.0. The summed E-state index contributed by atoms with van der Waals surface area (Å²) in [5, 5.41) is 0. The number of carbonyl (C=O) groups excluding carboxylic acids is 1. The predicted molar refractivity (Wildman–Crippen MR) is 56.0 cm³/mol. The molecule has 0 bridgehead atoms. The van der Waals surface area contributed by atoms with Gasteiger partial charge in [-0.05, 0) is 6.42 Å². The molecule has 0 rings (SSSR count). The van der Waals surface area contributed by atoms with Crippen LogP contribution in [-0.4, -0.2) is 5.91 Å². The fraction of sp³-hybridized carbons (Fsp3) is 0.900. The highest BCUT2D eigenvalue weighted by atomic mass is 16.1. The maximum atomic E-state index is 10.5. The second kappa shape index (κ2) is 10.5. The van der Waals surface area contributed by atoms with Gasteiger partial charge < -0.3 is 5.73 Å². The third-order valence-electron chi connectivity index (χ3n) is 1.55. The fourth-order valence-corrected chi connectivity index (χ4v) is 0.174. The molecule has 1 amide bonds. The normalized spacial score (nSPS) is 8.58. The number of primary amides is 1. The third kappa shape index (κ3) is 9.47. The van der Waals surface area contributed by atoms with Gasteiger partial charge in [0.2, 0.25) is 5.91 Å². The lowest BCUT2D eigenvalue weighted by molar-refractivity contribution is -0.126. The van der Waals surface area contributed by atoms with E-state index in [1.165, 1.54) is 0 Å². The minimum atomic E-state index is -0.319. The molecule has 0 radical (unpaired) electrons. The highest BCUT2D eigenvalue weighted by Crippen LogP contribution is 2.17. The van der Waals surface area contributed by atoms with E-state index in [0.29, 0.717) is 0 Å². The molecule has 0 atom stereocenters. The molecule has 2 N–H and O–H groups in total. The molecule has 0 fully saturated rings. The van der Waals surface area contributed by atoms with Crippen LogP contribution < -0.4 is 5.73 Å². The Hall–Kier alpha value is -0.530. The summed E-state index contributed by atoms with van der Waals surface area (Å²) in [5.41, 5.74) is 4.72. The Morgan fingerprint density at radius 1 is 1.17 bits per heavy atom. The molecule has 0 aromatic rings. The van der Waals surface area contributed by atoms with E-state index >= 15 is 0 Å². The fourth-order valence-electron chi connectivity index (χ4n) is 0.174. The number of carbonyl (C=O) groups is 1. The van der Waals surface area contributed by atoms with E-state index < -0.39 is 0 Å². The van der Waals surface area contributed by atoms with Gasteiger partial charge in [-0.25, -0.2) is 0 Å². The van der Waals surface area contributed by atoms with Crippen molar-refractivity contribution in [2.45, 2.75) is 54.9 Å². The standard InChI is InChI=1S/C6H13NO.2C2H6/c1-4-6(2,3)5(7)8;2*1-2/h4H2,1-3H3,(H2,7,8);2*1-2H3. The van der Waals surface area contributed by atoms with Gasteiger partial charge in [0.25, 0.3) is 0 Å². The van der Waals surface area contributed by atoms with E-state index in [2.05, 4.69) is 0 Å². The summed E-state index contributed by atoms with van der Waals surface area (Å²) in [6.45, 7) is 13.6. The van der Waals surface area contributed by atoms with Gasteiger partial charge in [-0.15, -0.1) is 0 Å². The molecule has 76 valence electrons. The van der Waals surface area contributed by atoms with Gasteiger partial charge in [0.05, 0.1) is 0 Å². The molecule has 0 aliphatic carbocycles. The van der Waals surface area contributed by atoms with Crippen molar-refractivity contribution in [2.75, 3.05) is 0 Å². The van der Waals surface area contributed by atoms with Crippen molar-refractivity contribution in [3.8, 4) is 0 Å². The van der Waals surface area contributed by atoms with E-state index in [-0.39, 0.29) is 11.3 Å². The smallest absolute Gasteiger partial charge is 0.223 e. The molecule has 12 heavy (non-hydrogen) atoms. The average Bonchev–Trinajstić information content (AvgIpc) is 2.11. The Kier molecular flexibility index (Phi) is 15.3. The Labute approximate surface area is 77.5 Å². The zero-order valence-corrected chi connectivity index (χ0v) is 9.69. The summed E-state index contributed by atoms with van der Waals surface area (Å²) in [4.78, 5) is 10.5. The first-order valence-corrected chi connectivity index (χ1v) is 4.80. The lowest BCUT2D eigenvalue weighted by atomic mass is 9.90. The minimum absolute atomic E-state index is 0.222. The highest BCUT2D eigenvalue weighted by molar-refractivity contribution is 5.79. The number of hydrogen-bond acceptors (Lipinski definition) is 1. The minimum Gasteiger partial charge on any atom is -0.369 e. The molecule has 2 heteroatoms. The molecule has 2 nitrogen and oxygen atoms in total. The zero-order valence-electron chi connectivity index (χ0n) is 9.69. The van der Waals surface area contributed by atoms with E-state index in [0.717, 1.165) is 6.42 Å². The van der Waals surface area contributed by atoms with Crippen molar-refractivity contribution in [3.05, 3.63) is 0 Å². The molecule has 0 saturated heterocycles. The topological polar surface area (TPSA) is 43.1 Å². The van der Waals surface area contributed by atoms with Gasteiger partial charge in [0.15, 0.2) is 0 Å². The van der Waals surface area contributed by atoms with Crippen LogP contribution in [0.4, 0.5) is 0 Å². The van der Waals surface area contributed by atoms with Gasteiger partial charge in [0, 0.05) is 5.41 Å². The first-order valence-electron chi connectivity index (χ1n) is 4.80. The van der Waals surface area contributed by atoms with Crippen molar-refractivity contribution >= 4 is 5.91 Å².